The maximum Gasteiger partial charge on any atom is 0.313 e. The Morgan fingerprint density at radius 3 is 2.71 bits per heavy atom. The van der Waals surface area contributed by atoms with E-state index in [4.69, 9.17) is 5.11 Å². The van der Waals surface area contributed by atoms with Crippen molar-refractivity contribution in [3.05, 3.63) is 5.69 Å². The summed E-state index contributed by atoms with van der Waals surface area (Å²) in [6, 6.07) is 0. The van der Waals surface area contributed by atoms with Crippen molar-refractivity contribution in [1.29, 1.82) is 0 Å². The standard InChI is InChI=1S/C14H22N4O2S/c1-5-9(3)7-18-13-12(10(6-2)16-17(13)4)15-14(18)21-8-11(19)20/h9H,5-8H2,1-4H3,(H,19,20). The molecule has 0 saturated heterocycles. The number of hydrogen-bond acceptors (Lipinski definition) is 4. The van der Waals surface area contributed by atoms with Crippen LogP contribution in [0.3, 0.4) is 0 Å². The zero-order valence-corrected chi connectivity index (χ0v) is 13.8. The van der Waals surface area contributed by atoms with E-state index >= 15 is 0 Å². The molecule has 6 nitrogen and oxygen atoms in total. The van der Waals surface area contributed by atoms with E-state index in [0.717, 1.165) is 41.4 Å². The van der Waals surface area contributed by atoms with E-state index in [2.05, 4.69) is 35.4 Å². The second-order valence-corrected chi connectivity index (χ2v) is 6.24. The predicted octanol–water partition coefficient (Wildman–Crippen LogP) is 2.56. The van der Waals surface area contributed by atoms with Crippen LogP contribution in [0.1, 0.15) is 32.9 Å². The Hall–Kier alpha value is -1.50. The number of carbonyl (C=O) groups is 1. The van der Waals surface area contributed by atoms with Gasteiger partial charge in [-0.05, 0) is 12.3 Å². The average molecular weight is 310 g/mol. The fourth-order valence-electron chi connectivity index (χ4n) is 2.30. The monoisotopic (exact) mass is 310 g/mol. The zero-order valence-electron chi connectivity index (χ0n) is 13.0. The zero-order chi connectivity index (χ0) is 15.6. The van der Waals surface area contributed by atoms with Crippen LogP contribution in [0.4, 0.5) is 0 Å². The SMILES string of the molecule is CCc1nn(C)c2c1nc(SCC(=O)O)n2CC(C)CC. The summed E-state index contributed by atoms with van der Waals surface area (Å²) in [6.45, 7) is 7.23. The Labute approximate surface area is 128 Å². The number of thioether (sulfide) groups is 1. The van der Waals surface area contributed by atoms with E-state index in [1.165, 1.54) is 11.8 Å². The first-order valence-corrected chi connectivity index (χ1v) is 8.23. The molecular formula is C14H22N4O2S. The number of aromatic nitrogens is 4. The molecule has 0 amide bonds. The number of carboxylic acids is 1. The number of imidazole rings is 1. The van der Waals surface area contributed by atoms with Gasteiger partial charge in [0.2, 0.25) is 0 Å². The van der Waals surface area contributed by atoms with E-state index in [1.807, 2.05) is 11.7 Å². The van der Waals surface area contributed by atoms with Crippen LogP contribution in [-0.4, -0.2) is 36.2 Å². The highest BCUT2D eigenvalue weighted by Gasteiger charge is 2.20. The Kier molecular flexibility index (Phi) is 4.92. The van der Waals surface area contributed by atoms with E-state index in [0.29, 0.717) is 5.92 Å². The third-order valence-electron chi connectivity index (χ3n) is 3.61. The third kappa shape index (κ3) is 3.23. The molecule has 0 saturated carbocycles. The van der Waals surface area contributed by atoms with E-state index in [1.54, 1.807) is 0 Å². The Morgan fingerprint density at radius 1 is 1.43 bits per heavy atom. The molecule has 21 heavy (non-hydrogen) atoms. The van der Waals surface area contributed by atoms with Crippen LogP contribution in [0, 0.1) is 5.92 Å². The van der Waals surface area contributed by atoms with E-state index in [-0.39, 0.29) is 5.75 Å². The van der Waals surface area contributed by atoms with Gasteiger partial charge in [0.1, 0.15) is 5.52 Å². The fourth-order valence-corrected chi connectivity index (χ4v) is 3.03. The average Bonchev–Trinajstić information content (AvgIpc) is 2.95. The van der Waals surface area contributed by atoms with Crippen molar-refractivity contribution in [2.24, 2.45) is 13.0 Å². The predicted molar refractivity (Wildman–Crippen MR) is 83.7 cm³/mol. The van der Waals surface area contributed by atoms with Gasteiger partial charge in [-0.3, -0.25) is 9.48 Å². The number of nitrogens with zero attached hydrogens (tertiary/aromatic N) is 4. The number of hydrogen-bond donors (Lipinski definition) is 1. The highest BCUT2D eigenvalue weighted by molar-refractivity contribution is 7.99. The van der Waals surface area contributed by atoms with Crippen molar-refractivity contribution >= 4 is 28.9 Å². The summed E-state index contributed by atoms with van der Waals surface area (Å²) in [5.74, 6) is -0.291. The Bertz CT molecular complexity index is 647. The number of carboxylic acid groups (broad SMARTS) is 1. The Balaban J connectivity index is 2.49. The number of aryl methyl sites for hydroxylation is 2. The molecule has 1 N–H and O–H groups in total. The lowest BCUT2D eigenvalue weighted by Crippen LogP contribution is -2.11. The maximum atomic E-state index is 10.8. The second-order valence-electron chi connectivity index (χ2n) is 5.30. The molecule has 2 rings (SSSR count). The van der Waals surface area contributed by atoms with Crippen molar-refractivity contribution in [1.82, 2.24) is 19.3 Å². The van der Waals surface area contributed by atoms with Gasteiger partial charge in [-0.2, -0.15) is 5.10 Å². The summed E-state index contributed by atoms with van der Waals surface area (Å²) in [5.41, 5.74) is 2.85. The number of fused-ring (bicyclic) bond motifs is 1. The maximum absolute atomic E-state index is 10.8. The molecule has 116 valence electrons. The molecule has 2 heterocycles. The van der Waals surface area contributed by atoms with Crippen molar-refractivity contribution < 1.29 is 9.90 Å². The van der Waals surface area contributed by atoms with Gasteiger partial charge in [0.15, 0.2) is 10.8 Å². The first-order chi connectivity index (χ1) is 9.97. The third-order valence-corrected chi connectivity index (χ3v) is 4.57. The molecule has 0 bridgehead atoms. The van der Waals surface area contributed by atoms with Gasteiger partial charge in [-0.1, -0.05) is 39.0 Å². The van der Waals surface area contributed by atoms with Crippen LogP contribution in [0.2, 0.25) is 0 Å². The summed E-state index contributed by atoms with van der Waals surface area (Å²) in [5, 5.41) is 14.2. The van der Waals surface area contributed by atoms with Gasteiger partial charge < -0.3 is 9.67 Å². The smallest absolute Gasteiger partial charge is 0.313 e. The van der Waals surface area contributed by atoms with Crippen molar-refractivity contribution in [2.45, 2.75) is 45.3 Å². The van der Waals surface area contributed by atoms with Gasteiger partial charge in [0.05, 0.1) is 11.4 Å². The minimum Gasteiger partial charge on any atom is -0.481 e. The topological polar surface area (TPSA) is 72.9 Å². The quantitative estimate of drug-likeness (QED) is 0.796. The molecule has 1 unspecified atom stereocenters. The largest absolute Gasteiger partial charge is 0.481 e. The lowest BCUT2D eigenvalue weighted by Gasteiger charge is -2.13. The van der Waals surface area contributed by atoms with Crippen molar-refractivity contribution in [2.75, 3.05) is 5.75 Å². The van der Waals surface area contributed by atoms with Crippen molar-refractivity contribution in [3.63, 3.8) is 0 Å². The molecule has 2 aromatic rings. The molecule has 0 aliphatic rings. The number of aliphatic carboxylic acids is 1. The molecule has 0 aliphatic heterocycles. The van der Waals surface area contributed by atoms with E-state index in [9.17, 15) is 4.79 Å². The molecule has 0 aliphatic carbocycles. The summed E-state index contributed by atoms with van der Waals surface area (Å²) < 4.78 is 3.97. The second kappa shape index (κ2) is 6.51. The summed E-state index contributed by atoms with van der Waals surface area (Å²) in [6.07, 6.45) is 1.89. The van der Waals surface area contributed by atoms with Crippen LogP contribution in [0.25, 0.3) is 11.2 Å². The van der Waals surface area contributed by atoms with Crippen LogP contribution in [0.15, 0.2) is 5.16 Å². The van der Waals surface area contributed by atoms with Crippen molar-refractivity contribution in [3.8, 4) is 0 Å². The van der Waals surface area contributed by atoms with Crippen LogP contribution in [0.5, 0.6) is 0 Å². The lowest BCUT2D eigenvalue weighted by molar-refractivity contribution is -0.133. The van der Waals surface area contributed by atoms with Crippen LogP contribution < -0.4 is 0 Å². The molecule has 0 fully saturated rings. The van der Waals surface area contributed by atoms with Gasteiger partial charge in [0.25, 0.3) is 0 Å². The summed E-state index contributed by atoms with van der Waals surface area (Å²) in [7, 11) is 1.92. The first kappa shape index (κ1) is 15.9. The van der Waals surface area contributed by atoms with Gasteiger partial charge in [-0.15, -0.1) is 0 Å². The van der Waals surface area contributed by atoms with Crippen LogP contribution in [-0.2, 0) is 24.8 Å². The highest BCUT2D eigenvalue weighted by atomic mass is 32.2. The summed E-state index contributed by atoms with van der Waals surface area (Å²) >= 11 is 1.28. The van der Waals surface area contributed by atoms with Gasteiger partial charge in [-0.25, -0.2) is 4.98 Å². The molecule has 0 aromatic carbocycles. The van der Waals surface area contributed by atoms with Gasteiger partial charge in [0, 0.05) is 13.6 Å². The molecule has 1 atom stereocenters. The fraction of sp³-hybridized carbons (Fsp3) is 0.643. The molecule has 0 radical (unpaired) electrons. The Morgan fingerprint density at radius 2 is 2.14 bits per heavy atom. The minimum absolute atomic E-state index is 0.0265. The van der Waals surface area contributed by atoms with E-state index < -0.39 is 5.97 Å². The van der Waals surface area contributed by atoms with Crippen LogP contribution >= 0.6 is 11.8 Å². The molecule has 7 heteroatoms. The first-order valence-electron chi connectivity index (χ1n) is 7.24. The molecule has 0 spiro atoms. The molecular weight excluding hydrogens is 288 g/mol. The minimum atomic E-state index is -0.823. The van der Waals surface area contributed by atoms with Gasteiger partial charge >= 0.3 is 5.97 Å². The lowest BCUT2D eigenvalue weighted by atomic mass is 10.1. The molecule has 2 aromatic heterocycles. The normalized spacial score (nSPS) is 13.0. The number of rotatable bonds is 7. The highest BCUT2D eigenvalue weighted by Crippen LogP contribution is 2.27. The summed E-state index contributed by atoms with van der Waals surface area (Å²) in [4.78, 5) is 15.5.